The smallest absolute Gasteiger partial charge is 0.424 e. The molecular formula is C12H11F4N3O. The van der Waals surface area contributed by atoms with Crippen LogP contribution >= 0.6 is 0 Å². The largest absolute Gasteiger partial charge is 0.480 e. The number of alkyl halides is 3. The lowest BCUT2D eigenvalue weighted by Crippen LogP contribution is -2.16. The highest BCUT2D eigenvalue weighted by molar-refractivity contribution is 5.97. The van der Waals surface area contributed by atoms with Crippen molar-refractivity contribution >= 4 is 5.71 Å². The first kappa shape index (κ1) is 15.8. The molecule has 0 atom stereocenters. The van der Waals surface area contributed by atoms with Gasteiger partial charge in [0, 0.05) is 6.20 Å². The van der Waals surface area contributed by atoms with Gasteiger partial charge in [0.05, 0.1) is 12.8 Å². The Morgan fingerprint density at radius 1 is 1.40 bits per heavy atom. The maximum Gasteiger partial charge on any atom is 0.424 e. The predicted molar refractivity (Wildman–Crippen MR) is 64.6 cm³/mol. The third kappa shape index (κ3) is 3.87. The van der Waals surface area contributed by atoms with Gasteiger partial charge in [-0.1, -0.05) is 6.58 Å². The Morgan fingerprint density at radius 3 is 2.45 bits per heavy atom. The number of rotatable bonds is 4. The van der Waals surface area contributed by atoms with Gasteiger partial charge in [-0.3, -0.25) is 0 Å². The van der Waals surface area contributed by atoms with Gasteiger partial charge in [0.2, 0.25) is 5.88 Å². The van der Waals surface area contributed by atoms with Crippen molar-refractivity contribution in [3.8, 4) is 0 Å². The van der Waals surface area contributed by atoms with E-state index >= 15 is 0 Å². The van der Waals surface area contributed by atoms with E-state index in [1.54, 1.807) is 0 Å². The van der Waals surface area contributed by atoms with E-state index in [4.69, 9.17) is 0 Å². The Balaban J connectivity index is 3.35. The van der Waals surface area contributed by atoms with Crippen LogP contribution in [-0.4, -0.2) is 29.2 Å². The molecule has 0 aliphatic heterocycles. The monoisotopic (exact) mass is 289 g/mol. The first-order valence-electron chi connectivity index (χ1n) is 5.31. The molecule has 0 N–H and O–H groups in total. The van der Waals surface area contributed by atoms with Crippen molar-refractivity contribution in [1.82, 2.24) is 10.2 Å². The quantitative estimate of drug-likeness (QED) is 0.370. The van der Waals surface area contributed by atoms with E-state index in [0.717, 1.165) is 7.11 Å². The number of halogens is 4. The van der Waals surface area contributed by atoms with Crippen LogP contribution in [0.15, 0.2) is 47.2 Å². The zero-order chi connectivity index (χ0) is 15.3. The van der Waals surface area contributed by atoms with Crippen LogP contribution in [0.2, 0.25) is 0 Å². The molecule has 0 saturated carbocycles. The highest BCUT2D eigenvalue weighted by Crippen LogP contribution is 2.34. The van der Waals surface area contributed by atoms with E-state index in [9.17, 15) is 17.6 Å². The summed E-state index contributed by atoms with van der Waals surface area (Å²) in [6.45, 7) is 4.05. The van der Waals surface area contributed by atoms with Gasteiger partial charge in [-0.05, 0) is 19.1 Å². The number of hydrogen-bond acceptors (Lipinski definition) is 4. The molecule has 0 aromatic carbocycles. The highest BCUT2D eigenvalue weighted by atomic mass is 19.4. The first-order chi connectivity index (χ1) is 9.27. The Kier molecular flexibility index (Phi) is 4.95. The average molecular weight is 289 g/mol. The fraction of sp³-hybridized carbons (Fsp3) is 0.250. The summed E-state index contributed by atoms with van der Waals surface area (Å²) in [5, 5.41) is 7.24. The van der Waals surface area contributed by atoms with Crippen molar-refractivity contribution in [2.24, 2.45) is 4.99 Å². The molecule has 1 aromatic heterocycles. The number of ether oxygens (including phenoxy) is 1. The van der Waals surface area contributed by atoms with Crippen molar-refractivity contribution in [2.45, 2.75) is 13.1 Å². The zero-order valence-corrected chi connectivity index (χ0v) is 10.7. The minimum Gasteiger partial charge on any atom is -0.480 e. The topological polar surface area (TPSA) is 47.4 Å². The summed E-state index contributed by atoms with van der Waals surface area (Å²) < 4.78 is 55.7. The third-order valence-electron chi connectivity index (χ3n) is 2.17. The standard InChI is InChI=1S/C12H11F4N3O/c1-7(13)10(12(14,15)16)11(20-3)18-8(2)9-5-4-6-17-19-9/h4-6H,1H2,2-3H3/b11-10-,18-8?. The SMILES string of the molecule is C=C(F)/C(=C(\N=C(C)c1cccnn1)OC)C(F)(F)F. The molecule has 0 unspecified atom stereocenters. The molecule has 0 aliphatic carbocycles. The minimum atomic E-state index is -4.97. The minimum absolute atomic E-state index is 0.0953. The Labute approximate surface area is 112 Å². The molecule has 1 heterocycles. The molecule has 0 radical (unpaired) electrons. The second-order valence-corrected chi connectivity index (χ2v) is 3.59. The van der Waals surface area contributed by atoms with E-state index in [1.165, 1.54) is 25.3 Å². The van der Waals surface area contributed by atoms with E-state index < -0.39 is 23.5 Å². The van der Waals surface area contributed by atoms with Crippen LogP contribution in [0, 0.1) is 0 Å². The molecule has 4 nitrogen and oxygen atoms in total. The number of aliphatic imine (C=N–C) groups is 1. The molecule has 1 rings (SSSR count). The Morgan fingerprint density at radius 2 is 2.05 bits per heavy atom. The normalized spacial score (nSPS) is 13.8. The van der Waals surface area contributed by atoms with Gasteiger partial charge in [0.25, 0.3) is 0 Å². The van der Waals surface area contributed by atoms with Crippen LogP contribution in [0.3, 0.4) is 0 Å². The summed E-state index contributed by atoms with van der Waals surface area (Å²) >= 11 is 0. The summed E-state index contributed by atoms with van der Waals surface area (Å²) in [6.07, 6.45) is -3.57. The van der Waals surface area contributed by atoms with E-state index in [1.807, 2.05) is 0 Å². The lowest BCUT2D eigenvalue weighted by Gasteiger charge is -2.12. The lowest BCUT2D eigenvalue weighted by molar-refractivity contribution is -0.0943. The predicted octanol–water partition coefficient (Wildman–Crippen LogP) is 3.19. The third-order valence-corrected chi connectivity index (χ3v) is 2.17. The molecule has 0 amide bonds. The summed E-state index contributed by atoms with van der Waals surface area (Å²) in [5.41, 5.74) is -1.32. The number of nitrogens with zero attached hydrogens (tertiary/aromatic N) is 3. The van der Waals surface area contributed by atoms with Crippen LogP contribution in [0.1, 0.15) is 12.6 Å². The fourth-order valence-corrected chi connectivity index (χ4v) is 1.30. The van der Waals surface area contributed by atoms with E-state index in [2.05, 4.69) is 26.5 Å². The van der Waals surface area contributed by atoms with Crippen LogP contribution in [0.5, 0.6) is 0 Å². The van der Waals surface area contributed by atoms with Crippen molar-refractivity contribution in [3.63, 3.8) is 0 Å². The van der Waals surface area contributed by atoms with Gasteiger partial charge in [-0.15, -0.1) is 5.10 Å². The first-order valence-corrected chi connectivity index (χ1v) is 5.31. The van der Waals surface area contributed by atoms with Gasteiger partial charge < -0.3 is 4.74 Å². The van der Waals surface area contributed by atoms with Crippen molar-refractivity contribution < 1.29 is 22.3 Å². The molecule has 20 heavy (non-hydrogen) atoms. The number of hydrogen-bond donors (Lipinski definition) is 0. The van der Waals surface area contributed by atoms with Crippen molar-refractivity contribution in [3.05, 3.63) is 47.9 Å². The van der Waals surface area contributed by atoms with Crippen LogP contribution in [0.25, 0.3) is 0 Å². The van der Waals surface area contributed by atoms with Crippen LogP contribution in [0.4, 0.5) is 17.6 Å². The maximum atomic E-state index is 13.0. The Bertz CT molecular complexity index is 550. The van der Waals surface area contributed by atoms with Gasteiger partial charge in [-0.25, -0.2) is 9.38 Å². The molecule has 108 valence electrons. The lowest BCUT2D eigenvalue weighted by atomic mass is 10.2. The van der Waals surface area contributed by atoms with Crippen molar-refractivity contribution in [2.75, 3.05) is 7.11 Å². The molecule has 1 aromatic rings. The molecule has 0 saturated heterocycles. The van der Waals surface area contributed by atoms with Crippen molar-refractivity contribution in [1.29, 1.82) is 0 Å². The second-order valence-electron chi connectivity index (χ2n) is 3.59. The summed E-state index contributed by atoms with van der Waals surface area (Å²) in [5.74, 6) is -2.60. The number of aromatic nitrogens is 2. The Hall–Kier alpha value is -2.25. The fourth-order valence-electron chi connectivity index (χ4n) is 1.30. The summed E-state index contributed by atoms with van der Waals surface area (Å²) in [7, 11) is 0.956. The number of methoxy groups -OCH3 is 1. The summed E-state index contributed by atoms with van der Waals surface area (Å²) in [6, 6.07) is 3.03. The maximum absolute atomic E-state index is 13.0. The van der Waals surface area contributed by atoms with E-state index in [0.29, 0.717) is 0 Å². The van der Waals surface area contributed by atoms with Gasteiger partial charge in [-0.2, -0.15) is 18.3 Å². The molecule has 0 aliphatic rings. The summed E-state index contributed by atoms with van der Waals surface area (Å²) in [4.78, 5) is 3.60. The average Bonchev–Trinajstić information content (AvgIpc) is 2.36. The van der Waals surface area contributed by atoms with Gasteiger partial charge >= 0.3 is 6.18 Å². The van der Waals surface area contributed by atoms with Crippen LogP contribution < -0.4 is 0 Å². The molecule has 0 bridgehead atoms. The zero-order valence-electron chi connectivity index (χ0n) is 10.7. The van der Waals surface area contributed by atoms with Crippen LogP contribution in [-0.2, 0) is 4.74 Å². The van der Waals surface area contributed by atoms with Gasteiger partial charge in [0.1, 0.15) is 11.5 Å². The highest BCUT2D eigenvalue weighted by Gasteiger charge is 2.40. The number of allylic oxidation sites excluding steroid dienone is 2. The van der Waals surface area contributed by atoms with E-state index in [-0.39, 0.29) is 11.4 Å². The molecule has 8 heteroatoms. The molecule has 0 spiro atoms. The molecular weight excluding hydrogens is 278 g/mol. The van der Waals surface area contributed by atoms with Gasteiger partial charge in [0.15, 0.2) is 5.57 Å². The molecule has 0 fully saturated rings. The second kappa shape index (κ2) is 6.27.